The van der Waals surface area contributed by atoms with Crippen LogP contribution in [-0.2, 0) is 4.79 Å². The van der Waals surface area contributed by atoms with E-state index in [0.29, 0.717) is 19.6 Å². The molecule has 0 saturated heterocycles. The van der Waals surface area contributed by atoms with E-state index in [4.69, 9.17) is 20.9 Å². The number of carbonyl (C=O) groups excluding carboxylic acids is 1. The van der Waals surface area contributed by atoms with E-state index in [2.05, 4.69) is 0 Å². The molecule has 2 rings (SSSR count). The molecule has 20 heavy (non-hydrogen) atoms. The SMILES string of the molecule is NC(=O)CCCCC(N)c1ccc2c(c1)OCCCO2. The Balaban J connectivity index is 1.91. The number of amides is 1. The standard InChI is InChI=1S/C15H22N2O3/c16-12(4-1-2-5-15(17)18)11-6-7-13-14(10-11)20-9-3-8-19-13/h6-7,10,12H,1-5,8-9,16H2,(H2,17,18). The Morgan fingerprint density at radius 2 is 1.95 bits per heavy atom. The molecule has 1 aliphatic rings. The molecule has 1 heterocycles. The third-order valence-corrected chi connectivity index (χ3v) is 3.39. The van der Waals surface area contributed by atoms with E-state index in [1.54, 1.807) is 0 Å². The van der Waals surface area contributed by atoms with Gasteiger partial charge >= 0.3 is 0 Å². The summed E-state index contributed by atoms with van der Waals surface area (Å²) in [5, 5.41) is 0. The summed E-state index contributed by atoms with van der Waals surface area (Å²) >= 11 is 0. The average Bonchev–Trinajstić information content (AvgIpc) is 2.67. The van der Waals surface area contributed by atoms with E-state index in [-0.39, 0.29) is 11.9 Å². The molecule has 1 amide bonds. The summed E-state index contributed by atoms with van der Waals surface area (Å²) < 4.78 is 11.2. The minimum atomic E-state index is -0.255. The van der Waals surface area contributed by atoms with Crippen molar-refractivity contribution in [2.45, 2.75) is 38.1 Å². The monoisotopic (exact) mass is 278 g/mol. The Labute approximate surface area is 119 Å². The van der Waals surface area contributed by atoms with E-state index in [0.717, 1.165) is 42.7 Å². The number of benzene rings is 1. The molecule has 0 fully saturated rings. The van der Waals surface area contributed by atoms with Crippen molar-refractivity contribution >= 4 is 5.91 Å². The molecule has 0 spiro atoms. The maximum atomic E-state index is 10.7. The van der Waals surface area contributed by atoms with E-state index in [1.807, 2.05) is 18.2 Å². The molecule has 0 aromatic heterocycles. The van der Waals surface area contributed by atoms with Crippen LogP contribution in [0.3, 0.4) is 0 Å². The first-order chi connectivity index (χ1) is 9.66. The zero-order valence-corrected chi connectivity index (χ0v) is 11.6. The highest BCUT2D eigenvalue weighted by molar-refractivity contribution is 5.73. The maximum Gasteiger partial charge on any atom is 0.217 e. The predicted molar refractivity (Wildman–Crippen MR) is 76.6 cm³/mol. The zero-order valence-electron chi connectivity index (χ0n) is 11.6. The fourth-order valence-corrected chi connectivity index (χ4v) is 2.24. The Morgan fingerprint density at radius 3 is 2.70 bits per heavy atom. The molecule has 1 aromatic carbocycles. The second-order valence-electron chi connectivity index (χ2n) is 5.08. The normalized spacial score (nSPS) is 15.4. The number of nitrogens with two attached hydrogens (primary N) is 2. The van der Waals surface area contributed by atoms with Gasteiger partial charge in [-0.05, 0) is 30.5 Å². The molecule has 5 nitrogen and oxygen atoms in total. The highest BCUT2D eigenvalue weighted by atomic mass is 16.5. The molecule has 110 valence electrons. The molecule has 1 aliphatic heterocycles. The Hall–Kier alpha value is -1.75. The number of fused-ring (bicyclic) bond motifs is 1. The Bertz CT molecular complexity index is 462. The number of carbonyl (C=O) groups is 1. The summed E-state index contributed by atoms with van der Waals surface area (Å²) in [5.74, 6) is 1.30. The Morgan fingerprint density at radius 1 is 1.20 bits per heavy atom. The third-order valence-electron chi connectivity index (χ3n) is 3.39. The highest BCUT2D eigenvalue weighted by Gasteiger charge is 2.13. The molecular weight excluding hydrogens is 256 g/mol. The smallest absolute Gasteiger partial charge is 0.217 e. The van der Waals surface area contributed by atoms with Crippen molar-refractivity contribution in [1.29, 1.82) is 0 Å². The molecule has 4 N–H and O–H groups in total. The number of hydrogen-bond acceptors (Lipinski definition) is 4. The molecule has 0 saturated carbocycles. The summed E-state index contributed by atoms with van der Waals surface area (Å²) in [6, 6.07) is 5.80. The van der Waals surface area contributed by atoms with Gasteiger partial charge < -0.3 is 20.9 Å². The quantitative estimate of drug-likeness (QED) is 0.778. The van der Waals surface area contributed by atoms with E-state index in [1.165, 1.54) is 0 Å². The number of primary amides is 1. The van der Waals surface area contributed by atoms with E-state index in [9.17, 15) is 4.79 Å². The molecule has 0 radical (unpaired) electrons. The van der Waals surface area contributed by atoms with Crippen molar-refractivity contribution in [1.82, 2.24) is 0 Å². The van der Waals surface area contributed by atoms with Crippen molar-refractivity contribution in [2.24, 2.45) is 11.5 Å². The number of unbranched alkanes of at least 4 members (excludes halogenated alkanes) is 1. The average molecular weight is 278 g/mol. The van der Waals surface area contributed by atoms with Crippen molar-refractivity contribution in [3.8, 4) is 11.5 Å². The summed E-state index contributed by atoms with van der Waals surface area (Å²) in [6.07, 6.45) is 3.82. The second-order valence-corrected chi connectivity index (χ2v) is 5.08. The predicted octanol–water partition coefficient (Wildman–Crippen LogP) is 1.89. The van der Waals surface area contributed by atoms with Crippen LogP contribution < -0.4 is 20.9 Å². The van der Waals surface area contributed by atoms with E-state index >= 15 is 0 Å². The van der Waals surface area contributed by atoms with Crippen molar-refractivity contribution in [3.63, 3.8) is 0 Å². The molecule has 1 unspecified atom stereocenters. The van der Waals surface area contributed by atoms with Crippen LogP contribution in [-0.4, -0.2) is 19.1 Å². The number of hydrogen-bond donors (Lipinski definition) is 2. The fourth-order valence-electron chi connectivity index (χ4n) is 2.24. The largest absolute Gasteiger partial charge is 0.490 e. The van der Waals surface area contributed by atoms with Gasteiger partial charge in [0.1, 0.15) is 0 Å². The molecule has 1 aromatic rings. The van der Waals surface area contributed by atoms with Gasteiger partial charge in [-0.25, -0.2) is 0 Å². The molecule has 0 bridgehead atoms. The first-order valence-corrected chi connectivity index (χ1v) is 7.10. The topological polar surface area (TPSA) is 87.6 Å². The van der Waals surface area contributed by atoms with Gasteiger partial charge in [-0.15, -0.1) is 0 Å². The molecular formula is C15H22N2O3. The number of rotatable bonds is 6. The van der Waals surface area contributed by atoms with Crippen LogP contribution in [0.15, 0.2) is 18.2 Å². The Kier molecular flexibility index (Phi) is 5.24. The van der Waals surface area contributed by atoms with Gasteiger partial charge in [0.05, 0.1) is 13.2 Å². The summed E-state index contributed by atoms with van der Waals surface area (Å²) in [5.41, 5.74) is 12.3. The first-order valence-electron chi connectivity index (χ1n) is 7.10. The lowest BCUT2D eigenvalue weighted by Gasteiger charge is -2.14. The maximum absolute atomic E-state index is 10.7. The van der Waals surface area contributed by atoms with Crippen LogP contribution in [0.25, 0.3) is 0 Å². The fraction of sp³-hybridized carbons (Fsp3) is 0.533. The highest BCUT2D eigenvalue weighted by Crippen LogP contribution is 2.32. The van der Waals surface area contributed by atoms with Gasteiger partial charge in [0.2, 0.25) is 5.91 Å². The molecule has 5 heteroatoms. The van der Waals surface area contributed by atoms with Gasteiger partial charge in [-0.1, -0.05) is 12.5 Å². The van der Waals surface area contributed by atoms with Crippen molar-refractivity contribution in [2.75, 3.05) is 13.2 Å². The summed E-state index contributed by atoms with van der Waals surface area (Å²) in [7, 11) is 0. The van der Waals surface area contributed by atoms with Crippen molar-refractivity contribution in [3.05, 3.63) is 23.8 Å². The van der Waals surface area contributed by atoms with Gasteiger partial charge in [-0.3, -0.25) is 4.79 Å². The van der Waals surface area contributed by atoms with Crippen LogP contribution in [0.2, 0.25) is 0 Å². The summed E-state index contributed by atoms with van der Waals surface area (Å²) in [4.78, 5) is 10.7. The van der Waals surface area contributed by atoms with E-state index < -0.39 is 0 Å². The van der Waals surface area contributed by atoms with Crippen LogP contribution in [0, 0.1) is 0 Å². The van der Waals surface area contributed by atoms with Gasteiger partial charge in [0.25, 0.3) is 0 Å². The van der Waals surface area contributed by atoms with Crippen LogP contribution >= 0.6 is 0 Å². The lowest BCUT2D eigenvalue weighted by atomic mass is 10.0. The number of ether oxygens (including phenoxy) is 2. The van der Waals surface area contributed by atoms with Gasteiger partial charge in [0.15, 0.2) is 11.5 Å². The third kappa shape index (κ3) is 4.13. The first kappa shape index (κ1) is 14.7. The minimum Gasteiger partial charge on any atom is -0.490 e. The minimum absolute atomic E-state index is 0.0555. The van der Waals surface area contributed by atoms with Gasteiger partial charge in [0, 0.05) is 18.9 Å². The lowest BCUT2D eigenvalue weighted by Crippen LogP contribution is -2.12. The molecule has 1 atom stereocenters. The summed E-state index contributed by atoms with van der Waals surface area (Å²) in [6.45, 7) is 1.36. The molecule has 0 aliphatic carbocycles. The van der Waals surface area contributed by atoms with Crippen molar-refractivity contribution < 1.29 is 14.3 Å². The van der Waals surface area contributed by atoms with Crippen LogP contribution in [0.1, 0.15) is 43.7 Å². The second kappa shape index (κ2) is 7.14. The lowest BCUT2D eigenvalue weighted by molar-refractivity contribution is -0.118. The van der Waals surface area contributed by atoms with Crippen LogP contribution in [0.5, 0.6) is 11.5 Å². The van der Waals surface area contributed by atoms with Gasteiger partial charge in [-0.2, -0.15) is 0 Å². The van der Waals surface area contributed by atoms with Crippen LogP contribution in [0.4, 0.5) is 0 Å². The zero-order chi connectivity index (χ0) is 14.4.